The molecule has 24 heavy (non-hydrogen) atoms. The second kappa shape index (κ2) is 6.96. The maximum Gasteiger partial charge on any atom is 0.322 e. The molecule has 3 heterocycles. The second-order valence-electron chi connectivity index (χ2n) is 5.91. The highest BCUT2D eigenvalue weighted by Crippen LogP contribution is 2.19. The molecule has 0 aromatic carbocycles. The van der Waals surface area contributed by atoms with E-state index in [0.29, 0.717) is 32.1 Å². The average molecular weight is 330 g/mol. The fourth-order valence-electron chi connectivity index (χ4n) is 2.98. The van der Waals surface area contributed by atoms with Crippen LogP contribution in [0.3, 0.4) is 0 Å². The highest BCUT2D eigenvalue weighted by molar-refractivity contribution is 5.74. The first-order chi connectivity index (χ1) is 11.6. The lowest BCUT2D eigenvalue weighted by atomic mass is 10.1. The molecule has 2 aromatic rings. The summed E-state index contributed by atoms with van der Waals surface area (Å²) in [5, 5.41) is 14.1. The van der Waals surface area contributed by atoms with Gasteiger partial charge in [0.05, 0.1) is 5.69 Å². The molecule has 3 rings (SSSR count). The molecule has 1 aliphatic heterocycles. The van der Waals surface area contributed by atoms with Crippen molar-refractivity contribution in [3.8, 4) is 0 Å². The van der Waals surface area contributed by atoms with E-state index in [2.05, 4.69) is 15.1 Å². The van der Waals surface area contributed by atoms with Crippen LogP contribution in [0.2, 0.25) is 0 Å². The minimum absolute atomic E-state index is 0.375. The summed E-state index contributed by atoms with van der Waals surface area (Å²) in [6.45, 7) is 7.12. The van der Waals surface area contributed by atoms with E-state index in [1.807, 2.05) is 34.5 Å². The first-order valence-corrected chi connectivity index (χ1v) is 8.10. The molecule has 1 N–H and O–H groups in total. The summed E-state index contributed by atoms with van der Waals surface area (Å²) in [6, 6.07) is 1.16. The SMILES string of the molecule is CCn1cc(CN2CCN(c3ncccn3)C[C@@H]2C(=O)O)c(C)n1. The summed E-state index contributed by atoms with van der Waals surface area (Å²) < 4.78 is 1.88. The van der Waals surface area contributed by atoms with Crippen molar-refractivity contribution in [3.05, 3.63) is 35.9 Å². The number of carboxylic acid groups (broad SMARTS) is 1. The maximum atomic E-state index is 11.7. The smallest absolute Gasteiger partial charge is 0.322 e. The van der Waals surface area contributed by atoms with Gasteiger partial charge >= 0.3 is 5.97 Å². The van der Waals surface area contributed by atoms with Gasteiger partial charge in [-0.25, -0.2) is 9.97 Å². The number of aromatic nitrogens is 4. The van der Waals surface area contributed by atoms with E-state index < -0.39 is 12.0 Å². The Labute approximate surface area is 140 Å². The Balaban J connectivity index is 1.74. The van der Waals surface area contributed by atoms with E-state index in [0.717, 1.165) is 17.8 Å². The van der Waals surface area contributed by atoms with Crippen molar-refractivity contribution in [2.75, 3.05) is 24.5 Å². The predicted octanol–water partition coefficient (Wildman–Crippen LogP) is 0.777. The zero-order valence-electron chi connectivity index (χ0n) is 14.0. The van der Waals surface area contributed by atoms with Crippen LogP contribution in [0.25, 0.3) is 0 Å². The quantitative estimate of drug-likeness (QED) is 0.866. The van der Waals surface area contributed by atoms with Gasteiger partial charge in [-0.1, -0.05) is 0 Å². The van der Waals surface area contributed by atoms with Crippen LogP contribution in [0, 0.1) is 6.92 Å². The summed E-state index contributed by atoms with van der Waals surface area (Å²) in [4.78, 5) is 24.1. The van der Waals surface area contributed by atoms with E-state index in [1.165, 1.54) is 0 Å². The van der Waals surface area contributed by atoms with Crippen LogP contribution in [0.4, 0.5) is 5.95 Å². The lowest BCUT2D eigenvalue weighted by Gasteiger charge is -2.39. The van der Waals surface area contributed by atoms with E-state index in [1.54, 1.807) is 18.5 Å². The van der Waals surface area contributed by atoms with Crippen LogP contribution >= 0.6 is 0 Å². The van der Waals surface area contributed by atoms with Crippen molar-refractivity contribution in [1.82, 2.24) is 24.6 Å². The van der Waals surface area contributed by atoms with Crippen LogP contribution in [-0.4, -0.2) is 61.4 Å². The summed E-state index contributed by atoms with van der Waals surface area (Å²) in [5.41, 5.74) is 2.03. The number of hydrogen-bond donors (Lipinski definition) is 1. The number of piperazine rings is 1. The molecule has 0 unspecified atom stereocenters. The van der Waals surface area contributed by atoms with E-state index in [-0.39, 0.29) is 0 Å². The Morgan fingerprint density at radius 3 is 2.71 bits per heavy atom. The van der Waals surface area contributed by atoms with Crippen molar-refractivity contribution in [2.24, 2.45) is 0 Å². The number of carbonyl (C=O) groups is 1. The molecular weight excluding hydrogens is 308 g/mol. The van der Waals surface area contributed by atoms with Crippen LogP contribution < -0.4 is 4.90 Å². The van der Waals surface area contributed by atoms with Gasteiger partial charge in [0.2, 0.25) is 5.95 Å². The Bertz CT molecular complexity index is 702. The number of nitrogens with zero attached hydrogens (tertiary/aromatic N) is 6. The molecule has 0 spiro atoms. The average Bonchev–Trinajstić information content (AvgIpc) is 2.96. The Kier molecular flexibility index (Phi) is 4.75. The normalized spacial score (nSPS) is 18.8. The van der Waals surface area contributed by atoms with Gasteiger partial charge in [0.25, 0.3) is 0 Å². The number of aryl methyl sites for hydroxylation is 2. The third kappa shape index (κ3) is 3.38. The van der Waals surface area contributed by atoms with Gasteiger partial charge in [0, 0.05) is 56.9 Å². The third-order valence-electron chi connectivity index (χ3n) is 4.36. The zero-order chi connectivity index (χ0) is 17.1. The zero-order valence-corrected chi connectivity index (χ0v) is 14.0. The Morgan fingerprint density at radius 2 is 2.08 bits per heavy atom. The molecule has 0 bridgehead atoms. The molecule has 0 aliphatic carbocycles. The molecule has 0 saturated carbocycles. The Morgan fingerprint density at radius 1 is 1.33 bits per heavy atom. The summed E-state index contributed by atoms with van der Waals surface area (Å²) in [5.74, 6) is -0.241. The van der Waals surface area contributed by atoms with Crippen molar-refractivity contribution in [2.45, 2.75) is 33.0 Å². The van der Waals surface area contributed by atoms with Crippen molar-refractivity contribution >= 4 is 11.9 Å². The van der Waals surface area contributed by atoms with E-state index in [4.69, 9.17) is 0 Å². The highest BCUT2D eigenvalue weighted by Gasteiger charge is 2.33. The molecule has 1 fully saturated rings. The fourth-order valence-corrected chi connectivity index (χ4v) is 2.98. The highest BCUT2D eigenvalue weighted by atomic mass is 16.4. The van der Waals surface area contributed by atoms with Gasteiger partial charge in [0.15, 0.2) is 0 Å². The number of anilines is 1. The monoisotopic (exact) mass is 330 g/mol. The Hall–Kier alpha value is -2.48. The minimum Gasteiger partial charge on any atom is -0.480 e. The van der Waals surface area contributed by atoms with Crippen LogP contribution in [-0.2, 0) is 17.9 Å². The third-order valence-corrected chi connectivity index (χ3v) is 4.36. The van der Waals surface area contributed by atoms with Crippen LogP contribution in [0.15, 0.2) is 24.7 Å². The van der Waals surface area contributed by atoms with Gasteiger partial charge in [-0.2, -0.15) is 5.10 Å². The molecule has 128 valence electrons. The second-order valence-corrected chi connectivity index (χ2v) is 5.91. The molecule has 8 heteroatoms. The number of carboxylic acids is 1. The lowest BCUT2D eigenvalue weighted by molar-refractivity contribution is -0.143. The largest absolute Gasteiger partial charge is 0.480 e. The lowest BCUT2D eigenvalue weighted by Crippen LogP contribution is -2.56. The molecule has 0 radical (unpaired) electrons. The van der Waals surface area contributed by atoms with Gasteiger partial charge in [-0.3, -0.25) is 14.4 Å². The summed E-state index contributed by atoms with van der Waals surface area (Å²) in [6.07, 6.45) is 5.35. The van der Waals surface area contributed by atoms with Gasteiger partial charge < -0.3 is 10.0 Å². The van der Waals surface area contributed by atoms with Crippen LogP contribution in [0.1, 0.15) is 18.2 Å². The molecule has 8 nitrogen and oxygen atoms in total. The van der Waals surface area contributed by atoms with Crippen molar-refractivity contribution < 1.29 is 9.90 Å². The molecule has 0 amide bonds. The fraction of sp³-hybridized carbons (Fsp3) is 0.500. The van der Waals surface area contributed by atoms with Crippen molar-refractivity contribution in [3.63, 3.8) is 0 Å². The molecular formula is C16H22N6O2. The van der Waals surface area contributed by atoms with Crippen molar-refractivity contribution in [1.29, 1.82) is 0 Å². The first kappa shape index (κ1) is 16.4. The molecule has 1 atom stereocenters. The number of rotatable bonds is 5. The first-order valence-electron chi connectivity index (χ1n) is 8.10. The van der Waals surface area contributed by atoms with Gasteiger partial charge in [-0.15, -0.1) is 0 Å². The van der Waals surface area contributed by atoms with Crippen LogP contribution in [0.5, 0.6) is 0 Å². The minimum atomic E-state index is -0.823. The summed E-state index contributed by atoms with van der Waals surface area (Å²) >= 11 is 0. The number of aliphatic carboxylic acids is 1. The van der Waals surface area contributed by atoms with E-state index in [9.17, 15) is 9.90 Å². The van der Waals surface area contributed by atoms with E-state index >= 15 is 0 Å². The topological polar surface area (TPSA) is 87.4 Å². The number of hydrogen-bond acceptors (Lipinski definition) is 6. The van der Waals surface area contributed by atoms with Gasteiger partial charge in [0.1, 0.15) is 6.04 Å². The molecule has 2 aromatic heterocycles. The standard InChI is InChI=1S/C16H22N6O2/c1-3-22-10-13(12(2)19-22)9-20-7-8-21(11-14(20)15(23)24)16-17-5-4-6-18-16/h4-6,10,14H,3,7-9,11H2,1-2H3,(H,23,24)/t14-/m1/s1. The molecule has 1 saturated heterocycles. The molecule has 1 aliphatic rings. The van der Waals surface area contributed by atoms with Gasteiger partial charge in [-0.05, 0) is 19.9 Å². The predicted molar refractivity (Wildman–Crippen MR) is 88.7 cm³/mol. The summed E-state index contributed by atoms with van der Waals surface area (Å²) in [7, 11) is 0. The maximum absolute atomic E-state index is 11.7.